The maximum atomic E-state index is 3.65. The molecule has 0 aliphatic carbocycles. The number of aryl methyl sites for hydroxylation is 1. The molecule has 17 heavy (non-hydrogen) atoms. The van der Waals surface area contributed by atoms with Crippen LogP contribution in [0.25, 0.3) is 0 Å². The second-order valence-electron chi connectivity index (χ2n) is 4.35. The maximum absolute atomic E-state index is 3.65. The number of benzene rings is 1. The fourth-order valence-electron chi connectivity index (χ4n) is 1.85. The molecule has 1 rings (SSSR count). The van der Waals surface area contributed by atoms with Crippen LogP contribution in [-0.2, 0) is 6.42 Å². The van der Waals surface area contributed by atoms with Gasteiger partial charge in [0.1, 0.15) is 0 Å². The summed E-state index contributed by atoms with van der Waals surface area (Å²) in [6, 6.07) is 4.31. The highest BCUT2D eigenvalue weighted by Crippen LogP contribution is 2.34. The second-order valence-corrected chi connectivity index (χ2v) is 6.79. The van der Waals surface area contributed by atoms with E-state index in [4.69, 9.17) is 0 Å². The zero-order valence-electron chi connectivity index (χ0n) is 10.2. The third kappa shape index (κ3) is 5.44. The Kier molecular flexibility index (Phi) is 8.05. The Morgan fingerprint density at radius 1 is 0.824 bits per heavy atom. The molecule has 0 saturated carbocycles. The van der Waals surface area contributed by atoms with Crippen molar-refractivity contribution in [3.05, 3.63) is 31.1 Å². The Balaban J connectivity index is 2.35. The van der Waals surface area contributed by atoms with Gasteiger partial charge < -0.3 is 0 Å². The molecular weight excluding hydrogens is 408 g/mol. The molecule has 0 spiro atoms. The highest BCUT2D eigenvalue weighted by molar-refractivity contribution is 9.14. The van der Waals surface area contributed by atoms with E-state index < -0.39 is 0 Å². The lowest BCUT2D eigenvalue weighted by atomic mass is 10.1. The van der Waals surface area contributed by atoms with Gasteiger partial charge in [0.25, 0.3) is 0 Å². The van der Waals surface area contributed by atoms with Crippen molar-refractivity contribution in [3.8, 4) is 0 Å². The molecule has 0 amide bonds. The molecule has 0 unspecified atom stereocenters. The molecule has 96 valence electrons. The van der Waals surface area contributed by atoms with Crippen LogP contribution in [-0.4, -0.2) is 0 Å². The highest BCUT2D eigenvalue weighted by atomic mass is 79.9. The Labute approximate surface area is 130 Å². The van der Waals surface area contributed by atoms with Gasteiger partial charge in [-0.15, -0.1) is 0 Å². The summed E-state index contributed by atoms with van der Waals surface area (Å²) in [5, 5.41) is 0. The average Bonchev–Trinajstić information content (AvgIpc) is 2.33. The van der Waals surface area contributed by atoms with Gasteiger partial charge in [-0.25, -0.2) is 0 Å². The largest absolute Gasteiger partial charge is 0.0654 e. The summed E-state index contributed by atoms with van der Waals surface area (Å²) >= 11 is 10.7. The van der Waals surface area contributed by atoms with Crippen molar-refractivity contribution < 1.29 is 0 Å². The van der Waals surface area contributed by atoms with Crippen LogP contribution in [0.15, 0.2) is 25.6 Å². The van der Waals surface area contributed by atoms with Crippen molar-refractivity contribution in [1.29, 1.82) is 0 Å². The average molecular weight is 427 g/mol. The molecule has 0 heterocycles. The summed E-state index contributed by atoms with van der Waals surface area (Å²) in [4.78, 5) is 0. The molecule has 0 aliphatic rings. The minimum Gasteiger partial charge on any atom is -0.0654 e. The van der Waals surface area contributed by atoms with Crippen LogP contribution in [0.3, 0.4) is 0 Å². The van der Waals surface area contributed by atoms with E-state index in [0.29, 0.717) is 0 Å². The van der Waals surface area contributed by atoms with Crippen LogP contribution in [0.4, 0.5) is 0 Å². The summed E-state index contributed by atoms with van der Waals surface area (Å²) in [7, 11) is 0. The summed E-state index contributed by atoms with van der Waals surface area (Å²) in [5.74, 6) is 0. The number of unbranched alkanes of at least 4 members (excludes halogenated alkanes) is 5. The Bertz CT molecular complexity index is 348. The lowest BCUT2D eigenvalue weighted by Crippen LogP contribution is -1.89. The van der Waals surface area contributed by atoms with Gasteiger partial charge in [0.2, 0.25) is 0 Å². The lowest BCUT2D eigenvalue weighted by Gasteiger charge is -2.07. The van der Waals surface area contributed by atoms with Crippen molar-refractivity contribution >= 4 is 47.8 Å². The van der Waals surface area contributed by atoms with Gasteiger partial charge in [0.15, 0.2) is 0 Å². The molecule has 1 aromatic carbocycles. The van der Waals surface area contributed by atoms with Gasteiger partial charge in [0, 0.05) is 13.4 Å². The lowest BCUT2D eigenvalue weighted by molar-refractivity contribution is 0.607. The van der Waals surface area contributed by atoms with E-state index in [1.165, 1.54) is 55.0 Å². The quantitative estimate of drug-likeness (QED) is 0.329. The fraction of sp³-hybridized carbons (Fsp3) is 0.571. The van der Waals surface area contributed by atoms with Crippen molar-refractivity contribution in [2.24, 2.45) is 0 Å². The SMILES string of the molecule is CCCCCCCCc1ccc(Br)c(Br)c1Br. The van der Waals surface area contributed by atoms with Crippen LogP contribution in [0.5, 0.6) is 0 Å². The first kappa shape index (κ1) is 15.7. The van der Waals surface area contributed by atoms with Gasteiger partial charge in [-0.1, -0.05) is 45.1 Å². The van der Waals surface area contributed by atoms with Gasteiger partial charge in [-0.3, -0.25) is 0 Å². The molecule has 0 nitrogen and oxygen atoms in total. The molecule has 1 aromatic rings. The minimum atomic E-state index is 1.11. The van der Waals surface area contributed by atoms with Crippen LogP contribution in [0.1, 0.15) is 51.0 Å². The van der Waals surface area contributed by atoms with Crippen LogP contribution in [0.2, 0.25) is 0 Å². The zero-order chi connectivity index (χ0) is 12.7. The van der Waals surface area contributed by atoms with Crippen LogP contribution < -0.4 is 0 Å². The fourth-order valence-corrected chi connectivity index (χ4v) is 3.38. The normalized spacial score (nSPS) is 10.8. The van der Waals surface area contributed by atoms with Gasteiger partial charge in [0.05, 0.1) is 0 Å². The molecular formula is C14H19Br3. The van der Waals surface area contributed by atoms with Crippen LogP contribution in [0, 0.1) is 0 Å². The predicted molar refractivity (Wildman–Crippen MR) is 86.6 cm³/mol. The van der Waals surface area contributed by atoms with Crippen molar-refractivity contribution in [2.45, 2.75) is 51.9 Å². The molecule has 0 saturated heterocycles. The monoisotopic (exact) mass is 424 g/mol. The molecule has 3 heteroatoms. The first-order valence-corrected chi connectivity index (χ1v) is 8.67. The van der Waals surface area contributed by atoms with E-state index in [1.807, 2.05) is 0 Å². The molecule has 0 fully saturated rings. The molecule has 0 radical (unpaired) electrons. The second kappa shape index (κ2) is 8.71. The number of hydrogen-bond donors (Lipinski definition) is 0. The van der Waals surface area contributed by atoms with Crippen molar-refractivity contribution in [1.82, 2.24) is 0 Å². The summed E-state index contributed by atoms with van der Waals surface area (Å²) in [5.41, 5.74) is 1.40. The van der Waals surface area contributed by atoms with Crippen LogP contribution >= 0.6 is 47.8 Å². The minimum absolute atomic E-state index is 1.11. The number of hydrogen-bond acceptors (Lipinski definition) is 0. The summed E-state index contributed by atoms with van der Waals surface area (Å²) in [6.45, 7) is 2.26. The number of rotatable bonds is 7. The smallest absolute Gasteiger partial charge is 0.0462 e. The van der Waals surface area contributed by atoms with Gasteiger partial charge in [-0.05, 0) is 72.3 Å². The predicted octanol–water partition coefficient (Wildman–Crippen LogP) is 6.88. The first-order chi connectivity index (χ1) is 8.16. The number of halogens is 3. The topological polar surface area (TPSA) is 0 Å². The highest BCUT2D eigenvalue weighted by Gasteiger charge is 2.06. The molecule has 0 aromatic heterocycles. The van der Waals surface area contributed by atoms with Gasteiger partial charge >= 0.3 is 0 Å². The third-order valence-electron chi connectivity index (χ3n) is 2.91. The van der Waals surface area contributed by atoms with E-state index in [2.05, 4.69) is 66.8 Å². The van der Waals surface area contributed by atoms with E-state index in [9.17, 15) is 0 Å². The van der Waals surface area contributed by atoms with E-state index in [0.717, 1.165) is 8.95 Å². The van der Waals surface area contributed by atoms with Crippen molar-refractivity contribution in [3.63, 3.8) is 0 Å². The van der Waals surface area contributed by atoms with E-state index >= 15 is 0 Å². The summed E-state index contributed by atoms with van der Waals surface area (Å²) in [6.07, 6.45) is 9.28. The van der Waals surface area contributed by atoms with E-state index in [-0.39, 0.29) is 0 Å². The summed E-state index contributed by atoms with van der Waals surface area (Å²) < 4.78 is 3.43. The first-order valence-electron chi connectivity index (χ1n) is 6.29. The molecule has 0 bridgehead atoms. The maximum Gasteiger partial charge on any atom is 0.0462 e. The van der Waals surface area contributed by atoms with Crippen molar-refractivity contribution in [2.75, 3.05) is 0 Å². The Morgan fingerprint density at radius 2 is 1.47 bits per heavy atom. The molecule has 0 aliphatic heterocycles. The third-order valence-corrected chi connectivity index (χ3v) is 6.37. The standard InChI is InChI=1S/C14H19Br3/c1-2-3-4-5-6-7-8-11-9-10-12(15)14(17)13(11)16/h9-10H,2-8H2,1H3. The molecule has 0 N–H and O–H groups in total. The molecule has 0 atom stereocenters. The van der Waals surface area contributed by atoms with E-state index in [1.54, 1.807) is 0 Å². The Hall–Kier alpha value is 0.660. The Morgan fingerprint density at radius 3 is 2.18 bits per heavy atom. The van der Waals surface area contributed by atoms with Gasteiger partial charge in [-0.2, -0.15) is 0 Å². The zero-order valence-corrected chi connectivity index (χ0v) is 15.0.